The Morgan fingerprint density at radius 1 is 0.884 bits per heavy atom. The highest BCUT2D eigenvalue weighted by molar-refractivity contribution is 5.92. The lowest BCUT2D eigenvalue weighted by Gasteiger charge is -2.36. The highest BCUT2D eigenvalue weighted by atomic mass is 16.6. The van der Waals surface area contributed by atoms with Crippen LogP contribution in [0.25, 0.3) is 0 Å². The molecule has 3 amide bonds. The van der Waals surface area contributed by atoms with Gasteiger partial charge in [0.1, 0.15) is 17.7 Å². The van der Waals surface area contributed by atoms with Crippen LogP contribution in [0.5, 0.6) is 0 Å². The van der Waals surface area contributed by atoms with Crippen LogP contribution in [-0.4, -0.2) is 47.0 Å². The Morgan fingerprint density at radius 2 is 1.56 bits per heavy atom. The van der Waals surface area contributed by atoms with Crippen molar-refractivity contribution in [1.82, 2.24) is 15.5 Å². The van der Waals surface area contributed by atoms with E-state index >= 15 is 0 Å². The first kappa shape index (κ1) is 34.1. The second-order valence-corrected chi connectivity index (χ2v) is 12.8. The Kier molecular flexibility index (Phi) is 13.6. The Morgan fingerprint density at radius 3 is 2.16 bits per heavy atom. The number of carbonyl (C=O) groups is 3. The number of benzene rings is 2. The summed E-state index contributed by atoms with van der Waals surface area (Å²) < 4.78 is 5.57. The molecule has 1 aliphatic carbocycles. The fourth-order valence-corrected chi connectivity index (χ4v) is 5.71. The van der Waals surface area contributed by atoms with Crippen molar-refractivity contribution >= 4 is 17.9 Å². The van der Waals surface area contributed by atoms with Crippen LogP contribution in [0.3, 0.4) is 0 Å². The number of rotatable bonds is 14. The fourth-order valence-electron chi connectivity index (χ4n) is 5.71. The summed E-state index contributed by atoms with van der Waals surface area (Å²) in [4.78, 5) is 43.5. The van der Waals surface area contributed by atoms with Crippen molar-refractivity contribution in [3.63, 3.8) is 0 Å². The molecule has 0 heterocycles. The summed E-state index contributed by atoms with van der Waals surface area (Å²) in [5.74, 6) is -0.440. The summed E-state index contributed by atoms with van der Waals surface area (Å²) in [5.41, 5.74) is 2.15. The average molecular weight is 592 g/mol. The first-order valence-corrected chi connectivity index (χ1v) is 16.3. The molecule has 0 aliphatic heterocycles. The molecular weight excluding hydrogens is 538 g/mol. The third kappa shape index (κ3) is 11.3. The quantitative estimate of drug-likeness (QED) is 0.226. The molecule has 3 rings (SSSR count). The highest BCUT2D eigenvalue weighted by Gasteiger charge is 2.37. The van der Waals surface area contributed by atoms with Crippen LogP contribution in [0.15, 0.2) is 54.6 Å². The van der Waals surface area contributed by atoms with E-state index in [0.717, 1.165) is 68.9 Å². The predicted octanol–water partition coefficient (Wildman–Crippen LogP) is 7.28. The van der Waals surface area contributed by atoms with Crippen LogP contribution >= 0.6 is 0 Å². The average Bonchev–Trinajstić information content (AvgIpc) is 2.98. The SMILES string of the molecule is CCCCCCN(C(=O)C(Cc1ccccc1)NC(=O)OC(C)(C)C)C(C(=O)NC1CCCCC1)c1ccc(CC)cc1. The zero-order valence-corrected chi connectivity index (χ0v) is 27.0. The first-order chi connectivity index (χ1) is 20.6. The number of ether oxygens (including phenoxy) is 1. The van der Waals surface area contributed by atoms with Crippen molar-refractivity contribution in [2.75, 3.05) is 6.54 Å². The molecule has 43 heavy (non-hydrogen) atoms. The van der Waals surface area contributed by atoms with Gasteiger partial charge < -0.3 is 20.3 Å². The number of nitrogens with one attached hydrogen (secondary N) is 2. The van der Waals surface area contributed by atoms with Gasteiger partial charge in [0.2, 0.25) is 11.8 Å². The number of aryl methyl sites for hydroxylation is 1. The minimum Gasteiger partial charge on any atom is -0.444 e. The van der Waals surface area contributed by atoms with Crippen molar-refractivity contribution in [1.29, 1.82) is 0 Å². The van der Waals surface area contributed by atoms with E-state index in [0.29, 0.717) is 6.54 Å². The van der Waals surface area contributed by atoms with Crippen LogP contribution in [0.1, 0.15) is 115 Å². The maximum Gasteiger partial charge on any atom is 0.408 e. The number of carbonyl (C=O) groups excluding carboxylic acids is 3. The van der Waals surface area contributed by atoms with E-state index in [1.165, 1.54) is 12.0 Å². The van der Waals surface area contributed by atoms with Crippen LogP contribution < -0.4 is 10.6 Å². The second-order valence-electron chi connectivity index (χ2n) is 12.8. The smallest absolute Gasteiger partial charge is 0.408 e. The maximum atomic E-state index is 14.6. The molecule has 2 aromatic carbocycles. The van der Waals surface area contributed by atoms with E-state index in [-0.39, 0.29) is 24.3 Å². The third-order valence-corrected chi connectivity index (χ3v) is 8.02. The van der Waals surface area contributed by atoms with E-state index in [2.05, 4.69) is 24.5 Å². The molecule has 0 radical (unpaired) electrons. The van der Waals surface area contributed by atoms with Crippen molar-refractivity contribution in [3.8, 4) is 0 Å². The molecule has 2 N–H and O–H groups in total. The molecule has 0 bridgehead atoms. The Balaban J connectivity index is 2.01. The number of nitrogens with zero attached hydrogens (tertiary/aromatic N) is 1. The van der Waals surface area contributed by atoms with Gasteiger partial charge in [0.05, 0.1) is 0 Å². The summed E-state index contributed by atoms with van der Waals surface area (Å²) >= 11 is 0. The first-order valence-electron chi connectivity index (χ1n) is 16.3. The van der Waals surface area contributed by atoms with Crippen molar-refractivity contribution < 1.29 is 19.1 Å². The van der Waals surface area contributed by atoms with Crippen molar-refractivity contribution in [2.45, 2.75) is 129 Å². The van der Waals surface area contributed by atoms with E-state index in [1.54, 1.807) is 25.7 Å². The number of amides is 3. The van der Waals surface area contributed by atoms with Crippen LogP contribution in [0.2, 0.25) is 0 Å². The standard InChI is InChI=1S/C36H53N3O4/c1-6-8-9-16-25-39(34(41)31(26-28-17-12-10-13-18-28)38-35(42)43-36(3,4)5)32(29-23-21-27(7-2)22-24-29)33(40)37-30-19-14-11-15-20-30/h10,12-13,17-18,21-24,30-32H,6-9,11,14-16,19-20,25-26H2,1-5H3,(H,37,40)(H,38,42). The van der Waals surface area contributed by atoms with Gasteiger partial charge in [-0.1, -0.05) is 107 Å². The van der Waals surface area contributed by atoms with Gasteiger partial charge in [0.25, 0.3) is 0 Å². The predicted molar refractivity (Wildman–Crippen MR) is 173 cm³/mol. The van der Waals surface area contributed by atoms with Gasteiger partial charge in [-0.15, -0.1) is 0 Å². The van der Waals surface area contributed by atoms with Crippen LogP contribution in [-0.2, 0) is 27.2 Å². The van der Waals surface area contributed by atoms with E-state index in [4.69, 9.17) is 4.74 Å². The molecule has 1 fully saturated rings. The van der Waals surface area contributed by atoms with Gasteiger partial charge in [-0.2, -0.15) is 0 Å². The third-order valence-electron chi connectivity index (χ3n) is 8.02. The molecule has 7 heteroatoms. The summed E-state index contributed by atoms with van der Waals surface area (Å²) in [7, 11) is 0. The molecule has 7 nitrogen and oxygen atoms in total. The number of hydrogen-bond acceptors (Lipinski definition) is 4. The van der Waals surface area contributed by atoms with Gasteiger partial charge in [-0.3, -0.25) is 9.59 Å². The minimum absolute atomic E-state index is 0.107. The topological polar surface area (TPSA) is 87.7 Å². The largest absolute Gasteiger partial charge is 0.444 e. The monoisotopic (exact) mass is 591 g/mol. The Bertz CT molecular complexity index is 1140. The summed E-state index contributed by atoms with van der Waals surface area (Å²) in [6, 6.07) is 16.1. The minimum atomic E-state index is -0.900. The zero-order chi connectivity index (χ0) is 31.2. The fraction of sp³-hybridized carbons (Fsp3) is 0.583. The number of hydrogen-bond donors (Lipinski definition) is 2. The van der Waals surface area contributed by atoms with Crippen molar-refractivity contribution in [2.24, 2.45) is 0 Å². The van der Waals surface area contributed by atoms with Gasteiger partial charge in [0, 0.05) is 19.0 Å². The molecule has 0 aromatic heterocycles. The summed E-state index contributed by atoms with van der Waals surface area (Å²) in [5, 5.41) is 6.16. The highest BCUT2D eigenvalue weighted by Crippen LogP contribution is 2.27. The molecule has 0 spiro atoms. The van der Waals surface area contributed by atoms with Gasteiger partial charge in [0.15, 0.2) is 0 Å². The summed E-state index contributed by atoms with van der Waals surface area (Å²) in [6.07, 6.45) is 9.65. The molecule has 1 aliphatic rings. The normalized spacial score (nSPS) is 15.3. The van der Waals surface area contributed by atoms with Gasteiger partial charge in [-0.05, 0) is 63.1 Å². The summed E-state index contributed by atoms with van der Waals surface area (Å²) in [6.45, 7) is 10.1. The van der Waals surface area contributed by atoms with E-state index < -0.39 is 23.8 Å². The van der Waals surface area contributed by atoms with E-state index in [9.17, 15) is 14.4 Å². The lowest BCUT2D eigenvalue weighted by Crippen LogP contribution is -2.54. The molecule has 236 valence electrons. The second kappa shape index (κ2) is 17.1. The number of alkyl carbamates (subject to hydrolysis) is 1. The molecule has 2 unspecified atom stereocenters. The molecule has 2 aromatic rings. The maximum absolute atomic E-state index is 14.6. The lowest BCUT2D eigenvalue weighted by molar-refractivity contribution is -0.143. The number of unbranched alkanes of at least 4 members (excludes halogenated alkanes) is 3. The van der Waals surface area contributed by atoms with E-state index in [1.807, 2.05) is 54.6 Å². The van der Waals surface area contributed by atoms with Gasteiger partial charge >= 0.3 is 6.09 Å². The van der Waals surface area contributed by atoms with Crippen molar-refractivity contribution in [3.05, 3.63) is 71.3 Å². The zero-order valence-electron chi connectivity index (χ0n) is 27.0. The Labute approximate surface area is 259 Å². The molecule has 1 saturated carbocycles. The van der Waals surface area contributed by atoms with Crippen LogP contribution in [0, 0.1) is 0 Å². The Hall–Kier alpha value is -3.35. The molecule has 2 atom stereocenters. The van der Waals surface area contributed by atoms with Crippen LogP contribution in [0.4, 0.5) is 4.79 Å². The molecular formula is C36H53N3O4. The molecule has 0 saturated heterocycles. The lowest BCUT2D eigenvalue weighted by atomic mass is 9.94. The van der Waals surface area contributed by atoms with Gasteiger partial charge in [-0.25, -0.2) is 4.79 Å².